The smallest absolute Gasteiger partial charge is 0.253 e. The lowest BCUT2D eigenvalue weighted by Gasteiger charge is -2.32. The molecule has 0 spiro atoms. The van der Waals surface area contributed by atoms with Gasteiger partial charge in [0.25, 0.3) is 5.91 Å². The third kappa shape index (κ3) is 5.11. The summed E-state index contributed by atoms with van der Waals surface area (Å²) in [5.74, 6) is -0.645. The van der Waals surface area contributed by atoms with Crippen LogP contribution >= 0.6 is 11.3 Å². The number of benzene rings is 1. The summed E-state index contributed by atoms with van der Waals surface area (Å²) in [5, 5.41) is 5.09. The van der Waals surface area contributed by atoms with Crippen LogP contribution in [0.1, 0.15) is 37.0 Å². The van der Waals surface area contributed by atoms with Crippen molar-refractivity contribution in [3.05, 3.63) is 35.3 Å². The van der Waals surface area contributed by atoms with Crippen LogP contribution < -0.4 is 10.1 Å². The highest BCUT2D eigenvalue weighted by Crippen LogP contribution is 2.29. The molecule has 0 radical (unpaired) electrons. The van der Waals surface area contributed by atoms with Crippen LogP contribution in [0.5, 0.6) is 5.75 Å². The van der Waals surface area contributed by atoms with Crippen LogP contribution in [-0.4, -0.2) is 67.7 Å². The minimum absolute atomic E-state index is 0.0374. The van der Waals surface area contributed by atoms with Gasteiger partial charge in [0.2, 0.25) is 15.9 Å². The maximum Gasteiger partial charge on any atom is 0.253 e. The van der Waals surface area contributed by atoms with Gasteiger partial charge in [-0.3, -0.25) is 9.59 Å². The molecule has 32 heavy (non-hydrogen) atoms. The Balaban J connectivity index is 1.81. The molecule has 1 aliphatic heterocycles. The van der Waals surface area contributed by atoms with Crippen LogP contribution in [0.3, 0.4) is 0 Å². The first-order valence-electron chi connectivity index (χ1n) is 10.5. The second kappa shape index (κ2) is 10.4. The van der Waals surface area contributed by atoms with E-state index in [-0.39, 0.29) is 40.5 Å². The standard InChI is InChI=1S/C21H28N4O5S2/c1-4-25(5-2)32(28,29)18-13-15(8-9-17(18)30-3)20(27)24-11-6-7-16(14-24)19(26)23-21-22-10-12-31-21/h8-10,12-13,16H,4-7,11,14H2,1-3H3,(H,22,23,26). The van der Waals surface area contributed by atoms with Gasteiger partial charge in [-0.15, -0.1) is 11.3 Å². The van der Waals surface area contributed by atoms with Crippen molar-refractivity contribution < 1.29 is 22.7 Å². The monoisotopic (exact) mass is 480 g/mol. The zero-order valence-electron chi connectivity index (χ0n) is 18.4. The number of sulfonamides is 1. The Bertz CT molecular complexity index is 1050. The van der Waals surface area contributed by atoms with Crippen LogP contribution in [0.25, 0.3) is 0 Å². The van der Waals surface area contributed by atoms with Crippen molar-refractivity contribution in [3.63, 3.8) is 0 Å². The van der Waals surface area contributed by atoms with Crippen LogP contribution in [-0.2, 0) is 14.8 Å². The fourth-order valence-electron chi connectivity index (χ4n) is 3.76. The van der Waals surface area contributed by atoms with Crippen LogP contribution in [0, 0.1) is 5.92 Å². The predicted molar refractivity (Wildman–Crippen MR) is 122 cm³/mol. The number of ether oxygens (including phenoxy) is 1. The molecule has 2 aromatic rings. The Morgan fingerprint density at radius 1 is 1.31 bits per heavy atom. The third-order valence-corrected chi connectivity index (χ3v) is 8.24. The Hall–Kier alpha value is -2.50. The molecule has 1 saturated heterocycles. The second-order valence-corrected chi connectivity index (χ2v) is 10.2. The average Bonchev–Trinajstić information content (AvgIpc) is 3.32. The number of aromatic nitrogens is 1. The summed E-state index contributed by atoms with van der Waals surface area (Å²) in [5.41, 5.74) is 0.248. The molecule has 0 saturated carbocycles. The zero-order valence-corrected chi connectivity index (χ0v) is 20.0. The van der Waals surface area contributed by atoms with Crippen molar-refractivity contribution in [3.8, 4) is 5.75 Å². The van der Waals surface area contributed by atoms with Crippen molar-refractivity contribution in [1.82, 2.24) is 14.2 Å². The van der Waals surface area contributed by atoms with Crippen LogP contribution in [0.15, 0.2) is 34.7 Å². The maximum absolute atomic E-state index is 13.2. The van der Waals surface area contributed by atoms with Crippen LogP contribution in [0.2, 0.25) is 0 Å². The van der Waals surface area contributed by atoms with E-state index < -0.39 is 10.0 Å². The summed E-state index contributed by atoms with van der Waals surface area (Å²) < 4.78 is 32.7. The number of methoxy groups -OCH3 is 1. The number of rotatable bonds is 8. The second-order valence-electron chi connectivity index (χ2n) is 7.37. The molecule has 2 heterocycles. The molecule has 1 atom stereocenters. The summed E-state index contributed by atoms with van der Waals surface area (Å²) in [4.78, 5) is 31.4. The Labute approximate surface area is 192 Å². The number of anilines is 1. The fourth-order valence-corrected chi connectivity index (χ4v) is 5.94. The normalized spacial score (nSPS) is 16.8. The maximum atomic E-state index is 13.2. The van der Waals surface area contributed by atoms with Gasteiger partial charge in [-0.25, -0.2) is 13.4 Å². The highest BCUT2D eigenvalue weighted by atomic mass is 32.2. The first-order valence-corrected chi connectivity index (χ1v) is 12.8. The van der Waals surface area contributed by atoms with Gasteiger partial charge in [0.15, 0.2) is 5.13 Å². The van der Waals surface area contributed by atoms with Gasteiger partial charge in [0.05, 0.1) is 13.0 Å². The lowest BCUT2D eigenvalue weighted by molar-refractivity contribution is -0.121. The summed E-state index contributed by atoms with van der Waals surface area (Å²) >= 11 is 1.34. The zero-order chi connectivity index (χ0) is 23.3. The number of nitrogens with zero attached hydrogens (tertiary/aromatic N) is 3. The van der Waals surface area contributed by atoms with Gasteiger partial charge in [-0.2, -0.15) is 4.31 Å². The molecule has 1 aliphatic rings. The molecule has 174 valence electrons. The summed E-state index contributed by atoms with van der Waals surface area (Å²) in [7, 11) is -2.42. The van der Waals surface area contributed by atoms with Crippen molar-refractivity contribution in [2.45, 2.75) is 31.6 Å². The molecule has 11 heteroatoms. The first kappa shape index (κ1) is 24.1. The minimum Gasteiger partial charge on any atom is -0.495 e. The molecule has 1 fully saturated rings. The molecule has 1 aromatic carbocycles. The first-order chi connectivity index (χ1) is 15.3. The molecule has 1 unspecified atom stereocenters. The highest BCUT2D eigenvalue weighted by molar-refractivity contribution is 7.89. The minimum atomic E-state index is -3.82. The lowest BCUT2D eigenvalue weighted by atomic mass is 9.96. The highest BCUT2D eigenvalue weighted by Gasteiger charge is 2.31. The number of hydrogen-bond acceptors (Lipinski definition) is 7. The number of piperidine rings is 1. The van der Waals surface area contributed by atoms with E-state index in [2.05, 4.69) is 10.3 Å². The van der Waals surface area contributed by atoms with E-state index >= 15 is 0 Å². The molecule has 9 nitrogen and oxygen atoms in total. The molecule has 0 bridgehead atoms. The van der Waals surface area contributed by atoms with Gasteiger partial charge in [0.1, 0.15) is 10.6 Å². The van der Waals surface area contributed by atoms with E-state index in [0.717, 1.165) is 0 Å². The fraction of sp³-hybridized carbons (Fsp3) is 0.476. The van der Waals surface area contributed by atoms with E-state index in [1.54, 1.807) is 36.4 Å². The molecule has 2 amide bonds. The molecule has 1 aromatic heterocycles. The van der Waals surface area contributed by atoms with Crippen molar-refractivity contribution in [2.24, 2.45) is 5.92 Å². The number of nitrogens with one attached hydrogen (secondary N) is 1. The quantitative estimate of drug-likeness (QED) is 0.622. The van der Waals surface area contributed by atoms with Crippen LogP contribution in [0.4, 0.5) is 5.13 Å². The van der Waals surface area contributed by atoms with E-state index in [1.165, 1.54) is 34.9 Å². The van der Waals surface area contributed by atoms with Crippen molar-refractivity contribution >= 4 is 38.3 Å². The lowest BCUT2D eigenvalue weighted by Crippen LogP contribution is -2.43. The Morgan fingerprint density at radius 2 is 2.06 bits per heavy atom. The van der Waals surface area contributed by atoms with E-state index in [9.17, 15) is 18.0 Å². The molecule has 3 rings (SSSR count). The summed E-state index contributed by atoms with van der Waals surface area (Å²) in [6.45, 7) is 4.90. The molecular weight excluding hydrogens is 452 g/mol. The number of thiazole rings is 1. The Kier molecular flexibility index (Phi) is 7.86. The number of carbonyl (C=O) groups is 2. The third-order valence-electron chi connectivity index (χ3n) is 5.48. The topological polar surface area (TPSA) is 109 Å². The number of amides is 2. The molecule has 0 aliphatic carbocycles. The van der Waals surface area contributed by atoms with E-state index in [0.29, 0.717) is 37.6 Å². The largest absolute Gasteiger partial charge is 0.495 e. The van der Waals surface area contributed by atoms with Gasteiger partial charge in [-0.1, -0.05) is 13.8 Å². The van der Waals surface area contributed by atoms with Crippen molar-refractivity contribution in [1.29, 1.82) is 0 Å². The van der Waals surface area contributed by atoms with Gasteiger partial charge in [0, 0.05) is 43.3 Å². The number of likely N-dealkylation sites (tertiary alicyclic amines) is 1. The predicted octanol–water partition coefficient (Wildman–Crippen LogP) is 2.67. The number of carbonyl (C=O) groups excluding carboxylic acids is 2. The van der Waals surface area contributed by atoms with Gasteiger partial charge < -0.3 is 15.0 Å². The van der Waals surface area contributed by atoms with E-state index in [4.69, 9.17) is 4.74 Å². The van der Waals surface area contributed by atoms with Gasteiger partial charge >= 0.3 is 0 Å². The van der Waals surface area contributed by atoms with E-state index in [1.807, 2.05) is 0 Å². The number of hydrogen-bond donors (Lipinski definition) is 1. The summed E-state index contributed by atoms with van der Waals surface area (Å²) in [6.07, 6.45) is 2.97. The Morgan fingerprint density at radius 3 is 2.69 bits per heavy atom. The van der Waals surface area contributed by atoms with Gasteiger partial charge in [-0.05, 0) is 31.0 Å². The molecular formula is C21H28N4O5S2. The molecule has 1 N–H and O–H groups in total. The van der Waals surface area contributed by atoms with Crippen molar-refractivity contribution in [2.75, 3.05) is 38.6 Å². The SMILES string of the molecule is CCN(CC)S(=O)(=O)c1cc(C(=O)N2CCCC(C(=O)Nc3nccs3)C2)ccc1OC. The average molecular weight is 481 g/mol. The summed E-state index contributed by atoms with van der Waals surface area (Å²) in [6, 6.07) is 4.43.